The van der Waals surface area contributed by atoms with Crippen LogP contribution >= 0.6 is 0 Å². The zero-order valence-electron chi connectivity index (χ0n) is 16.3. The van der Waals surface area contributed by atoms with Gasteiger partial charge in [-0.05, 0) is 47.5 Å². The standard InChI is InChI=1S/C23H20N2O4S/c1-30(28,29)20-13-9-16(10-14-20)21-15-22(17-5-3-2-4-6-17)25(24-21)19-11-7-18(8-12-19)23(26)27/h2-14,22H,15H2,1H3,(H,26,27). The maximum atomic E-state index is 11.7. The molecule has 4 rings (SSSR count). The Morgan fingerprint density at radius 3 is 2.17 bits per heavy atom. The van der Waals surface area contributed by atoms with Crippen LogP contribution in [0.15, 0.2) is 88.9 Å². The minimum absolute atomic E-state index is 0.0496. The zero-order valence-corrected chi connectivity index (χ0v) is 17.1. The van der Waals surface area contributed by atoms with Crippen molar-refractivity contribution in [1.82, 2.24) is 0 Å². The van der Waals surface area contributed by atoms with Gasteiger partial charge in [0.05, 0.1) is 27.9 Å². The van der Waals surface area contributed by atoms with Gasteiger partial charge in [0.1, 0.15) is 0 Å². The van der Waals surface area contributed by atoms with Crippen LogP contribution in [-0.2, 0) is 9.84 Å². The number of hydrogen-bond donors (Lipinski definition) is 1. The van der Waals surface area contributed by atoms with E-state index >= 15 is 0 Å². The molecular formula is C23H20N2O4S. The Morgan fingerprint density at radius 1 is 0.967 bits per heavy atom. The van der Waals surface area contributed by atoms with Crippen LogP contribution in [0.5, 0.6) is 0 Å². The molecule has 0 aliphatic carbocycles. The summed E-state index contributed by atoms with van der Waals surface area (Å²) in [4.78, 5) is 11.4. The van der Waals surface area contributed by atoms with Crippen molar-refractivity contribution < 1.29 is 18.3 Å². The van der Waals surface area contributed by atoms with Crippen LogP contribution < -0.4 is 5.01 Å². The summed E-state index contributed by atoms with van der Waals surface area (Å²) < 4.78 is 23.5. The van der Waals surface area contributed by atoms with Crippen molar-refractivity contribution in [2.75, 3.05) is 11.3 Å². The predicted molar refractivity (Wildman–Crippen MR) is 116 cm³/mol. The van der Waals surface area contributed by atoms with E-state index in [1.165, 1.54) is 6.26 Å². The fraction of sp³-hybridized carbons (Fsp3) is 0.130. The summed E-state index contributed by atoms with van der Waals surface area (Å²) in [5, 5.41) is 15.9. The van der Waals surface area contributed by atoms with E-state index in [-0.39, 0.29) is 16.5 Å². The van der Waals surface area contributed by atoms with Gasteiger partial charge in [0, 0.05) is 12.7 Å². The molecule has 1 heterocycles. The third-order valence-electron chi connectivity index (χ3n) is 5.09. The van der Waals surface area contributed by atoms with Gasteiger partial charge in [0.25, 0.3) is 0 Å². The fourth-order valence-electron chi connectivity index (χ4n) is 3.51. The summed E-state index contributed by atoms with van der Waals surface area (Å²) in [6.07, 6.45) is 1.83. The molecule has 3 aromatic carbocycles. The quantitative estimate of drug-likeness (QED) is 0.670. The smallest absolute Gasteiger partial charge is 0.335 e. The maximum Gasteiger partial charge on any atom is 0.335 e. The van der Waals surface area contributed by atoms with E-state index in [1.807, 2.05) is 35.3 Å². The summed E-state index contributed by atoms with van der Waals surface area (Å²) in [6.45, 7) is 0. The number of sulfone groups is 1. The van der Waals surface area contributed by atoms with Crippen molar-refractivity contribution in [3.8, 4) is 0 Å². The van der Waals surface area contributed by atoms with Gasteiger partial charge >= 0.3 is 5.97 Å². The highest BCUT2D eigenvalue weighted by Crippen LogP contribution is 2.36. The van der Waals surface area contributed by atoms with Crippen LogP contribution in [0.25, 0.3) is 0 Å². The maximum absolute atomic E-state index is 11.7. The van der Waals surface area contributed by atoms with Gasteiger partial charge in [0.2, 0.25) is 0 Å². The first-order valence-corrected chi connectivity index (χ1v) is 11.3. The minimum Gasteiger partial charge on any atom is -0.478 e. The van der Waals surface area contributed by atoms with Crippen LogP contribution in [0, 0.1) is 0 Å². The molecule has 7 heteroatoms. The van der Waals surface area contributed by atoms with Crippen LogP contribution in [0.4, 0.5) is 5.69 Å². The van der Waals surface area contributed by atoms with Crippen molar-refractivity contribution in [3.05, 3.63) is 95.6 Å². The van der Waals surface area contributed by atoms with Gasteiger partial charge in [-0.1, -0.05) is 42.5 Å². The van der Waals surface area contributed by atoms with E-state index in [2.05, 4.69) is 0 Å². The van der Waals surface area contributed by atoms with Gasteiger partial charge < -0.3 is 5.11 Å². The van der Waals surface area contributed by atoms with Crippen LogP contribution in [-0.4, -0.2) is 31.5 Å². The molecule has 1 unspecified atom stereocenters. The predicted octanol–water partition coefficient (Wildman–Crippen LogP) is 4.14. The molecule has 0 bridgehead atoms. The van der Waals surface area contributed by atoms with Gasteiger partial charge in [-0.15, -0.1) is 0 Å². The lowest BCUT2D eigenvalue weighted by molar-refractivity contribution is 0.0697. The second-order valence-electron chi connectivity index (χ2n) is 7.17. The molecule has 0 amide bonds. The first-order chi connectivity index (χ1) is 14.3. The molecule has 0 fully saturated rings. The number of aromatic carboxylic acids is 1. The highest BCUT2D eigenvalue weighted by molar-refractivity contribution is 7.90. The van der Waals surface area contributed by atoms with Gasteiger partial charge in [0.15, 0.2) is 9.84 Å². The first-order valence-electron chi connectivity index (χ1n) is 9.38. The number of carboxylic acid groups (broad SMARTS) is 1. The molecule has 30 heavy (non-hydrogen) atoms. The van der Waals surface area contributed by atoms with E-state index < -0.39 is 15.8 Å². The Balaban J connectivity index is 1.72. The molecule has 0 saturated carbocycles. The third-order valence-corrected chi connectivity index (χ3v) is 6.22. The molecule has 1 aliphatic heterocycles. The number of rotatable bonds is 5. The molecule has 1 atom stereocenters. The molecule has 6 nitrogen and oxygen atoms in total. The Morgan fingerprint density at radius 2 is 1.60 bits per heavy atom. The van der Waals surface area contributed by atoms with Crippen molar-refractivity contribution >= 4 is 27.2 Å². The van der Waals surface area contributed by atoms with Crippen LogP contribution in [0.3, 0.4) is 0 Å². The summed E-state index contributed by atoms with van der Waals surface area (Å²) in [5.41, 5.74) is 3.79. The van der Waals surface area contributed by atoms with Crippen molar-refractivity contribution in [2.24, 2.45) is 5.10 Å². The average Bonchev–Trinajstić information content (AvgIpc) is 3.19. The number of benzene rings is 3. The number of hydrazone groups is 1. The van der Waals surface area contributed by atoms with Gasteiger partial charge in [-0.2, -0.15) is 5.10 Å². The van der Waals surface area contributed by atoms with E-state index in [0.29, 0.717) is 6.42 Å². The second kappa shape index (κ2) is 7.76. The summed E-state index contributed by atoms with van der Waals surface area (Å²) >= 11 is 0. The van der Waals surface area contributed by atoms with Crippen molar-refractivity contribution in [1.29, 1.82) is 0 Å². The zero-order chi connectivity index (χ0) is 21.3. The van der Waals surface area contributed by atoms with E-state index in [4.69, 9.17) is 10.2 Å². The van der Waals surface area contributed by atoms with Gasteiger partial charge in [-0.25, -0.2) is 13.2 Å². The highest BCUT2D eigenvalue weighted by atomic mass is 32.2. The monoisotopic (exact) mass is 420 g/mol. The largest absolute Gasteiger partial charge is 0.478 e. The third kappa shape index (κ3) is 3.97. The van der Waals surface area contributed by atoms with Crippen LogP contribution in [0.1, 0.15) is 33.9 Å². The molecule has 0 spiro atoms. The molecule has 152 valence electrons. The van der Waals surface area contributed by atoms with E-state index in [0.717, 1.165) is 22.5 Å². The molecular weight excluding hydrogens is 400 g/mol. The van der Waals surface area contributed by atoms with Gasteiger partial charge in [-0.3, -0.25) is 5.01 Å². The molecule has 3 aromatic rings. The fourth-order valence-corrected chi connectivity index (χ4v) is 4.14. The number of carbonyl (C=O) groups is 1. The molecule has 0 saturated heterocycles. The Bertz CT molecular complexity index is 1200. The molecule has 1 aliphatic rings. The number of anilines is 1. The minimum atomic E-state index is -3.26. The number of nitrogens with zero attached hydrogens (tertiary/aromatic N) is 2. The lowest BCUT2D eigenvalue weighted by Gasteiger charge is -2.24. The topological polar surface area (TPSA) is 87.0 Å². The van der Waals surface area contributed by atoms with Crippen molar-refractivity contribution in [3.63, 3.8) is 0 Å². The Labute approximate surface area is 175 Å². The Kier molecular flexibility index (Phi) is 5.13. The normalized spacial score (nSPS) is 16.4. The lowest BCUT2D eigenvalue weighted by Crippen LogP contribution is -2.18. The first kappa shape index (κ1) is 19.8. The SMILES string of the molecule is CS(=O)(=O)c1ccc(C2=NN(c3ccc(C(=O)O)cc3)C(c3ccccc3)C2)cc1. The number of hydrogen-bond acceptors (Lipinski definition) is 5. The number of carboxylic acids is 1. The molecule has 0 radical (unpaired) electrons. The molecule has 1 N–H and O–H groups in total. The van der Waals surface area contributed by atoms with E-state index in [1.54, 1.807) is 48.5 Å². The summed E-state index contributed by atoms with van der Waals surface area (Å²) in [7, 11) is -3.26. The highest BCUT2D eigenvalue weighted by Gasteiger charge is 2.30. The summed E-state index contributed by atoms with van der Waals surface area (Å²) in [5.74, 6) is -0.974. The second-order valence-corrected chi connectivity index (χ2v) is 9.19. The average molecular weight is 420 g/mol. The Hall–Kier alpha value is -3.45. The van der Waals surface area contributed by atoms with Crippen LogP contribution in [0.2, 0.25) is 0 Å². The molecule has 0 aromatic heterocycles. The van der Waals surface area contributed by atoms with E-state index in [9.17, 15) is 13.2 Å². The van der Waals surface area contributed by atoms with Crippen molar-refractivity contribution in [2.45, 2.75) is 17.4 Å². The lowest BCUT2D eigenvalue weighted by atomic mass is 9.98. The summed E-state index contributed by atoms with van der Waals surface area (Å²) in [6, 6.07) is 23.3.